The molecule has 3 rings (SSSR count). The first-order valence-electron chi connectivity index (χ1n) is 9.60. The fraction of sp³-hybridized carbons (Fsp3) is 0.400. The van der Waals surface area contributed by atoms with E-state index in [2.05, 4.69) is 10.3 Å². The van der Waals surface area contributed by atoms with Gasteiger partial charge in [-0.2, -0.15) is 0 Å². The molecule has 177 valence electrons. The van der Waals surface area contributed by atoms with Crippen molar-refractivity contribution in [1.82, 2.24) is 15.0 Å². The molecule has 1 aromatic heterocycles. The molecule has 1 fully saturated rings. The van der Waals surface area contributed by atoms with Crippen LogP contribution < -0.4 is 0 Å². The molecule has 0 bridgehead atoms. The van der Waals surface area contributed by atoms with Crippen LogP contribution in [-0.2, 0) is 33.3 Å². The van der Waals surface area contributed by atoms with E-state index in [1.165, 1.54) is 13.1 Å². The maximum Gasteiger partial charge on any atom is 0.303 e. The highest BCUT2D eigenvalue weighted by Crippen LogP contribution is 2.34. The summed E-state index contributed by atoms with van der Waals surface area (Å²) in [6.07, 6.45) is -2.06. The number of ether oxygens (including phenoxy) is 4. The van der Waals surface area contributed by atoms with Gasteiger partial charge in [0.25, 0.3) is 0 Å². The molecule has 2 heterocycles. The molecule has 1 saturated heterocycles. The molecule has 1 aliphatic heterocycles. The zero-order valence-electron chi connectivity index (χ0n) is 17.7. The van der Waals surface area contributed by atoms with Crippen molar-refractivity contribution >= 4 is 17.9 Å². The maximum absolute atomic E-state index is 13.7. The average molecular weight is 470 g/mol. The third-order valence-electron chi connectivity index (χ3n) is 4.58. The normalized spacial score (nSPS) is 22.5. The van der Waals surface area contributed by atoms with Crippen molar-refractivity contribution in [3.8, 4) is 11.3 Å². The third-order valence-corrected chi connectivity index (χ3v) is 4.58. The number of rotatable bonds is 6. The molecule has 4 atom stereocenters. The van der Waals surface area contributed by atoms with Gasteiger partial charge in [-0.15, -0.1) is 5.10 Å². The molecule has 0 saturated carbocycles. The van der Waals surface area contributed by atoms with Crippen LogP contribution >= 0.6 is 0 Å². The first kappa shape index (κ1) is 24.2. The lowest BCUT2D eigenvalue weighted by atomic mass is 9.97. The SMILES string of the molecule is CC(=O)OC[C@H]1O[CH][C@H](OC(C)=O)[C@@H](n2cc(-c3cc(F)c(F)c(F)c3)nn2)[C@H]1OC(C)=O. The van der Waals surface area contributed by atoms with Gasteiger partial charge in [-0.25, -0.2) is 17.9 Å². The summed E-state index contributed by atoms with van der Waals surface area (Å²) in [4.78, 5) is 34.6. The van der Waals surface area contributed by atoms with E-state index in [0.29, 0.717) is 0 Å². The number of halogens is 3. The lowest BCUT2D eigenvalue weighted by molar-refractivity contribution is -0.191. The minimum atomic E-state index is -1.64. The van der Waals surface area contributed by atoms with Crippen molar-refractivity contribution in [2.45, 2.75) is 45.1 Å². The van der Waals surface area contributed by atoms with Crippen molar-refractivity contribution in [3.05, 3.63) is 42.4 Å². The quantitative estimate of drug-likeness (QED) is 0.354. The second-order valence-corrected chi connectivity index (χ2v) is 7.09. The molecule has 0 amide bonds. The summed E-state index contributed by atoms with van der Waals surface area (Å²) in [6.45, 7) is 4.31. The zero-order valence-corrected chi connectivity index (χ0v) is 17.7. The van der Waals surface area contributed by atoms with Gasteiger partial charge in [0.15, 0.2) is 29.7 Å². The number of hydrogen-bond acceptors (Lipinski definition) is 9. The summed E-state index contributed by atoms with van der Waals surface area (Å²) in [7, 11) is 0. The highest BCUT2D eigenvalue weighted by Gasteiger charge is 2.47. The van der Waals surface area contributed by atoms with Crippen LogP contribution in [0.3, 0.4) is 0 Å². The Balaban J connectivity index is 2.00. The number of benzene rings is 1. The van der Waals surface area contributed by atoms with Crippen LogP contribution in [-0.4, -0.2) is 57.8 Å². The number of carbonyl (C=O) groups is 3. The second kappa shape index (κ2) is 9.98. The van der Waals surface area contributed by atoms with Crippen LogP contribution in [0.5, 0.6) is 0 Å². The Bertz CT molecular complexity index is 1040. The van der Waals surface area contributed by atoms with E-state index in [4.69, 9.17) is 18.9 Å². The Kier molecular flexibility index (Phi) is 7.31. The van der Waals surface area contributed by atoms with Crippen LogP contribution in [0, 0.1) is 24.1 Å². The van der Waals surface area contributed by atoms with Crippen molar-refractivity contribution in [3.63, 3.8) is 0 Å². The first-order valence-corrected chi connectivity index (χ1v) is 9.60. The zero-order chi connectivity index (χ0) is 24.3. The smallest absolute Gasteiger partial charge is 0.303 e. The molecule has 1 aliphatic rings. The Hall–Kier alpha value is -3.48. The minimum absolute atomic E-state index is 0.0426. The molecule has 1 aromatic carbocycles. The Morgan fingerprint density at radius 2 is 1.67 bits per heavy atom. The molecule has 0 aliphatic carbocycles. The number of nitrogens with zero attached hydrogens (tertiary/aromatic N) is 3. The number of aromatic nitrogens is 3. The summed E-state index contributed by atoms with van der Waals surface area (Å²) in [5, 5.41) is 7.74. The number of esters is 3. The molecule has 13 heteroatoms. The molecule has 1 radical (unpaired) electrons. The van der Waals surface area contributed by atoms with Crippen LogP contribution in [0.4, 0.5) is 13.2 Å². The second-order valence-electron chi connectivity index (χ2n) is 7.09. The molecule has 0 spiro atoms. The van der Waals surface area contributed by atoms with E-state index in [-0.39, 0.29) is 17.9 Å². The van der Waals surface area contributed by atoms with E-state index >= 15 is 0 Å². The van der Waals surface area contributed by atoms with E-state index in [0.717, 1.165) is 37.3 Å². The van der Waals surface area contributed by atoms with Crippen LogP contribution in [0.1, 0.15) is 26.8 Å². The lowest BCUT2D eigenvalue weighted by Crippen LogP contribution is -2.53. The fourth-order valence-electron chi connectivity index (χ4n) is 3.26. The lowest BCUT2D eigenvalue weighted by Gasteiger charge is -2.40. The Morgan fingerprint density at radius 1 is 1.03 bits per heavy atom. The van der Waals surface area contributed by atoms with E-state index in [1.807, 2.05) is 0 Å². The summed E-state index contributed by atoms with van der Waals surface area (Å²) >= 11 is 0. The molecule has 33 heavy (non-hydrogen) atoms. The van der Waals surface area contributed by atoms with Gasteiger partial charge in [-0.05, 0) is 12.1 Å². The summed E-state index contributed by atoms with van der Waals surface area (Å²) in [6, 6.07) is 0.419. The van der Waals surface area contributed by atoms with Gasteiger partial charge in [0.2, 0.25) is 0 Å². The molecule has 10 nitrogen and oxygen atoms in total. The standard InChI is InChI=1S/C20H19F3N3O7/c1-9(27)30-8-17-20(33-11(3)29)19(16(7-31-17)32-10(2)28)26-6-15(24-25-26)12-4-13(21)18(23)14(22)5-12/h4-7,16-17,19-20H,8H2,1-3H3/t16-,17+,19+,20-/m0/s1. The number of hydrogen-bond donors (Lipinski definition) is 0. The molecular weight excluding hydrogens is 451 g/mol. The van der Waals surface area contributed by atoms with Gasteiger partial charge in [0.1, 0.15) is 31.1 Å². The van der Waals surface area contributed by atoms with Crippen molar-refractivity contribution in [2.75, 3.05) is 6.61 Å². The van der Waals surface area contributed by atoms with Crippen molar-refractivity contribution < 1.29 is 46.5 Å². The van der Waals surface area contributed by atoms with E-state index in [1.54, 1.807) is 0 Å². The third kappa shape index (κ3) is 5.66. The highest BCUT2D eigenvalue weighted by atomic mass is 19.2. The van der Waals surface area contributed by atoms with Crippen LogP contribution in [0.25, 0.3) is 11.3 Å². The van der Waals surface area contributed by atoms with Crippen molar-refractivity contribution in [2.24, 2.45) is 0 Å². The Morgan fingerprint density at radius 3 is 2.24 bits per heavy atom. The Labute approximate surface area is 185 Å². The summed E-state index contributed by atoms with van der Waals surface area (Å²) in [5.41, 5.74) is -0.155. The van der Waals surface area contributed by atoms with Gasteiger partial charge in [0, 0.05) is 26.3 Å². The van der Waals surface area contributed by atoms with Crippen LogP contribution in [0.15, 0.2) is 18.3 Å². The predicted molar refractivity (Wildman–Crippen MR) is 101 cm³/mol. The summed E-state index contributed by atoms with van der Waals surface area (Å²) in [5.74, 6) is -6.49. The molecule has 2 aromatic rings. The van der Waals surface area contributed by atoms with Crippen molar-refractivity contribution in [1.29, 1.82) is 0 Å². The van der Waals surface area contributed by atoms with Gasteiger partial charge < -0.3 is 18.9 Å². The minimum Gasteiger partial charge on any atom is -0.463 e. The van der Waals surface area contributed by atoms with E-state index < -0.39 is 59.7 Å². The number of carbonyl (C=O) groups excluding carboxylic acids is 3. The summed E-state index contributed by atoms with van der Waals surface area (Å²) < 4.78 is 62.8. The topological polar surface area (TPSA) is 119 Å². The fourth-order valence-corrected chi connectivity index (χ4v) is 3.26. The van der Waals surface area contributed by atoms with Crippen LogP contribution in [0.2, 0.25) is 0 Å². The molecule has 0 unspecified atom stereocenters. The first-order chi connectivity index (χ1) is 15.6. The van der Waals surface area contributed by atoms with Gasteiger partial charge in [-0.1, -0.05) is 5.21 Å². The predicted octanol–water partition coefficient (Wildman–Crippen LogP) is 1.89. The average Bonchev–Trinajstić information content (AvgIpc) is 3.20. The maximum atomic E-state index is 13.7. The van der Waals surface area contributed by atoms with E-state index in [9.17, 15) is 27.6 Å². The van der Waals surface area contributed by atoms with Gasteiger partial charge >= 0.3 is 17.9 Å². The van der Waals surface area contributed by atoms with Gasteiger partial charge in [-0.3, -0.25) is 14.4 Å². The largest absolute Gasteiger partial charge is 0.463 e. The monoisotopic (exact) mass is 470 g/mol. The molecule has 0 N–H and O–H groups in total. The highest BCUT2D eigenvalue weighted by molar-refractivity contribution is 5.67. The molecular formula is C20H19F3N3O7. The van der Waals surface area contributed by atoms with Gasteiger partial charge in [0.05, 0.1) is 6.20 Å².